The summed E-state index contributed by atoms with van der Waals surface area (Å²) in [5, 5.41) is 0. The number of esters is 1. The maximum Gasteiger partial charge on any atom is 0.333 e. The lowest BCUT2D eigenvalue weighted by Crippen LogP contribution is -2.16. The van der Waals surface area contributed by atoms with Crippen molar-refractivity contribution in [2.24, 2.45) is 0 Å². The summed E-state index contributed by atoms with van der Waals surface area (Å²) in [5.41, 5.74) is 0.481. The van der Waals surface area contributed by atoms with Gasteiger partial charge in [-0.3, -0.25) is 0 Å². The molecule has 0 aliphatic carbocycles. The molecule has 0 fully saturated rings. The summed E-state index contributed by atoms with van der Waals surface area (Å²) in [6.45, 7) is 9.42. The Kier molecular flexibility index (Phi) is 17.0. The van der Waals surface area contributed by atoms with Gasteiger partial charge in [-0.1, -0.05) is 96.5 Å². The fourth-order valence-corrected chi connectivity index (χ4v) is 4.32. The van der Waals surface area contributed by atoms with Crippen LogP contribution in [0.2, 0.25) is 19.1 Å². The summed E-state index contributed by atoms with van der Waals surface area (Å²) < 4.78 is 18.5. The van der Waals surface area contributed by atoms with Gasteiger partial charge in [0, 0.05) is 5.57 Å². The Balaban J connectivity index is 3.11. The van der Waals surface area contributed by atoms with Crippen LogP contribution in [0.4, 0.5) is 4.11 Å². The smallest absolute Gasteiger partial charge is 0.333 e. The van der Waals surface area contributed by atoms with E-state index in [0.29, 0.717) is 12.2 Å². The Morgan fingerprint density at radius 1 is 0.741 bits per heavy atom. The molecule has 0 amide bonds. The Labute approximate surface area is 169 Å². The molecule has 0 radical (unpaired) electrons. The number of rotatable bonds is 19. The van der Waals surface area contributed by atoms with Crippen LogP contribution in [0.25, 0.3) is 0 Å². The highest BCUT2D eigenvalue weighted by molar-refractivity contribution is 6.70. The lowest BCUT2D eigenvalue weighted by Gasteiger charge is -2.09. The second-order valence-corrected chi connectivity index (χ2v) is 12.6. The molecule has 0 saturated carbocycles. The molecule has 27 heavy (non-hydrogen) atoms. The molecule has 160 valence electrons. The molecule has 0 aliphatic heterocycles. The summed E-state index contributed by atoms with van der Waals surface area (Å²) in [5.74, 6) is -0.266. The monoisotopic (exact) mass is 400 g/mol. The fourth-order valence-electron chi connectivity index (χ4n) is 3.23. The number of ether oxygens (including phenoxy) is 1. The predicted molar refractivity (Wildman–Crippen MR) is 118 cm³/mol. The summed E-state index contributed by atoms with van der Waals surface area (Å²) in [6, 6.07) is 0.843. The summed E-state index contributed by atoms with van der Waals surface area (Å²) in [4.78, 5) is 11.2. The van der Waals surface area contributed by atoms with Crippen molar-refractivity contribution in [3.05, 3.63) is 12.2 Å². The van der Waals surface area contributed by atoms with Crippen LogP contribution in [0.15, 0.2) is 12.2 Å². The minimum atomic E-state index is -2.29. The molecule has 4 heteroatoms. The van der Waals surface area contributed by atoms with Gasteiger partial charge in [0.25, 0.3) is 0 Å². The molecule has 0 saturated heterocycles. The molecule has 0 spiro atoms. The van der Waals surface area contributed by atoms with Gasteiger partial charge in [-0.25, -0.2) is 4.79 Å². The van der Waals surface area contributed by atoms with Crippen LogP contribution < -0.4 is 0 Å². The molecule has 0 bridgehead atoms. The number of hydrogen-bond donors (Lipinski definition) is 0. The van der Waals surface area contributed by atoms with E-state index in [2.05, 4.69) is 6.58 Å². The second kappa shape index (κ2) is 17.5. The van der Waals surface area contributed by atoms with Crippen LogP contribution in [0.1, 0.15) is 103 Å². The van der Waals surface area contributed by atoms with E-state index in [1.165, 1.54) is 77.0 Å². The van der Waals surface area contributed by atoms with Crippen LogP contribution in [-0.4, -0.2) is 21.0 Å². The first-order chi connectivity index (χ1) is 12.8. The molecule has 0 atom stereocenters. The van der Waals surface area contributed by atoms with Gasteiger partial charge in [0.05, 0.1) is 6.61 Å². The molecular formula is C23H45FO2Si. The minimum absolute atomic E-state index is 0.266. The lowest BCUT2D eigenvalue weighted by atomic mass is 10.0. The number of carbonyl (C=O) groups excluding carboxylic acids is 1. The molecule has 0 heterocycles. The minimum Gasteiger partial charge on any atom is -0.462 e. The molecule has 0 aromatic heterocycles. The first-order valence-corrected chi connectivity index (χ1v) is 14.4. The average molecular weight is 401 g/mol. The van der Waals surface area contributed by atoms with Crippen LogP contribution in [0.3, 0.4) is 0 Å². The zero-order valence-corrected chi connectivity index (χ0v) is 19.4. The standard InChI is InChI=1S/C23H45FO2Si/c1-22(2)23(25)26-20-18-16-14-12-10-8-6-5-7-9-11-13-15-17-19-21-27(3,4)24/h1,5-21H2,2-4H3. The molecule has 2 nitrogen and oxygen atoms in total. The Bertz CT molecular complexity index is 377. The van der Waals surface area contributed by atoms with Gasteiger partial charge in [0.2, 0.25) is 8.41 Å². The van der Waals surface area contributed by atoms with Gasteiger partial charge in [-0.05, 0) is 32.5 Å². The number of carbonyl (C=O) groups is 1. The largest absolute Gasteiger partial charge is 0.462 e. The van der Waals surface area contributed by atoms with Gasteiger partial charge in [-0.15, -0.1) is 0 Å². The zero-order chi connectivity index (χ0) is 20.4. The number of halogens is 1. The molecule has 0 aromatic carbocycles. The SMILES string of the molecule is C=C(C)C(=O)OCCCCCCCCCCCCCCCCC[Si](C)(C)F. The molecule has 0 aromatic rings. The van der Waals surface area contributed by atoms with Gasteiger partial charge < -0.3 is 8.84 Å². The van der Waals surface area contributed by atoms with Gasteiger partial charge in [-0.2, -0.15) is 0 Å². The second-order valence-electron chi connectivity index (χ2n) is 8.69. The Morgan fingerprint density at radius 2 is 1.07 bits per heavy atom. The first-order valence-electron chi connectivity index (χ1n) is 11.3. The summed E-state index contributed by atoms with van der Waals surface area (Å²) >= 11 is 0. The van der Waals surface area contributed by atoms with Crippen molar-refractivity contribution in [2.75, 3.05) is 6.61 Å². The molecule has 0 rings (SSSR count). The highest BCUT2D eigenvalue weighted by atomic mass is 28.4. The van der Waals surface area contributed by atoms with E-state index in [1.54, 1.807) is 6.92 Å². The van der Waals surface area contributed by atoms with Crippen molar-refractivity contribution in [1.82, 2.24) is 0 Å². The molecule has 0 unspecified atom stereocenters. The average Bonchev–Trinajstić information content (AvgIpc) is 2.59. The topological polar surface area (TPSA) is 26.3 Å². The highest BCUT2D eigenvalue weighted by Gasteiger charge is 2.18. The molecule has 0 aliphatic rings. The van der Waals surface area contributed by atoms with E-state index >= 15 is 0 Å². The first kappa shape index (κ1) is 26.4. The quantitative estimate of drug-likeness (QED) is 0.0719. The number of hydrogen-bond acceptors (Lipinski definition) is 2. The van der Waals surface area contributed by atoms with E-state index in [-0.39, 0.29) is 5.97 Å². The third kappa shape index (κ3) is 21.5. The van der Waals surface area contributed by atoms with Crippen LogP contribution in [-0.2, 0) is 9.53 Å². The maximum atomic E-state index is 13.5. The summed E-state index contributed by atoms with van der Waals surface area (Å²) in [6.07, 6.45) is 19.1. The summed E-state index contributed by atoms with van der Waals surface area (Å²) in [7, 11) is -2.29. The predicted octanol–water partition coefficient (Wildman–Crippen LogP) is 8.13. The van der Waals surface area contributed by atoms with Crippen molar-refractivity contribution < 1.29 is 13.6 Å². The third-order valence-corrected chi connectivity index (χ3v) is 6.54. The Hall–Kier alpha value is -0.643. The van der Waals surface area contributed by atoms with Gasteiger partial charge >= 0.3 is 5.97 Å². The van der Waals surface area contributed by atoms with E-state index in [9.17, 15) is 8.90 Å². The van der Waals surface area contributed by atoms with Crippen LogP contribution in [0.5, 0.6) is 0 Å². The maximum absolute atomic E-state index is 13.5. The van der Waals surface area contributed by atoms with Crippen molar-refractivity contribution in [1.29, 1.82) is 0 Å². The van der Waals surface area contributed by atoms with E-state index < -0.39 is 8.41 Å². The Morgan fingerprint density at radius 3 is 1.41 bits per heavy atom. The van der Waals surface area contributed by atoms with E-state index in [1.807, 2.05) is 13.1 Å². The fraction of sp³-hybridized carbons (Fsp3) is 0.870. The van der Waals surface area contributed by atoms with Gasteiger partial charge in [0.1, 0.15) is 0 Å². The third-order valence-electron chi connectivity index (χ3n) is 5.00. The zero-order valence-electron chi connectivity index (χ0n) is 18.4. The van der Waals surface area contributed by atoms with Crippen molar-refractivity contribution in [3.63, 3.8) is 0 Å². The van der Waals surface area contributed by atoms with Crippen LogP contribution >= 0.6 is 0 Å². The van der Waals surface area contributed by atoms with E-state index in [0.717, 1.165) is 25.3 Å². The molecule has 0 N–H and O–H groups in total. The normalized spacial score (nSPS) is 11.6. The van der Waals surface area contributed by atoms with Gasteiger partial charge in [0.15, 0.2) is 0 Å². The lowest BCUT2D eigenvalue weighted by molar-refractivity contribution is -0.139. The van der Waals surface area contributed by atoms with E-state index in [4.69, 9.17) is 4.74 Å². The van der Waals surface area contributed by atoms with Crippen molar-refractivity contribution in [3.8, 4) is 0 Å². The van der Waals surface area contributed by atoms with Crippen molar-refractivity contribution in [2.45, 2.75) is 122 Å². The number of unbranched alkanes of at least 4 members (excludes halogenated alkanes) is 14. The highest BCUT2D eigenvalue weighted by Crippen LogP contribution is 2.17. The molecular weight excluding hydrogens is 355 g/mol. The van der Waals surface area contributed by atoms with Crippen molar-refractivity contribution >= 4 is 14.4 Å². The van der Waals surface area contributed by atoms with Crippen LogP contribution in [0, 0.1) is 0 Å².